The lowest BCUT2D eigenvalue weighted by Gasteiger charge is -2.39. The van der Waals surface area contributed by atoms with Crippen molar-refractivity contribution in [3.63, 3.8) is 0 Å². The van der Waals surface area contributed by atoms with Crippen LogP contribution in [-0.2, 0) is 19.4 Å². The number of hydrogen-bond acceptors (Lipinski definition) is 11. The summed E-state index contributed by atoms with van der Waals surface area (Å²) < 4.78 is 39.3. The van der Waals surface area contributed by atoms with Gasteiger partial charge in [-0.3, -0.25) is 4.55 Å². The smallest absolute Gasteiger partial charge is 0.394 e. The third kappa shape index (κ3) is 7.80. The Morgan fingerprint density at radius 1 is 1.28 bits per heavy atom. The summed E-state index contributed by atoms with van der Waals surface area (Å²) in [6.07, 6.45) is -1.38. The largest absolute Gasteiger partial charge is 0.466 e. The zero-order chi connectivity index (χ0) is 19.0. The molecule has 1 rings (SSSR count). The molecule has 0 bridgehead atoms. The summed E-state index contributed by atoms with van der Waals surface area (Å²) in [5.74, 6) is 0. The third-order valence-electron chi connectivity index (χ3n) is 3.09. The average molecular weight is 419 g/mol. The van der Waals surface area contributed by atoms with Gasteiger partial charge in [0.15, 0.2) is 0 Å². The molecule has 1 fully saturated rings. The average Bonchev–Trinajstić information content (AvgIpc) is 2.55. The highest BCUT2D eigenvalue weighted by Crippen LogP contribution is 2.30. The predicted octanol–water partition coefficient (Wildman–Crippen LogP) is -0.691. The molecule has 10 nitrogen and oxygen atoms in total. The third-order valence-corrected chi connectivity index (χ3v) is 4.99. The fourth-order valence-electron chi connectivity index (χ4n) is 1.88. The van der Waals surface area contributed by atoms with Crippen LogP contribution in [0.25, 0.3) is 0 Å². The molecule has 5 atom stereocenters. The molecule has 0 unspecified atom stereocenters. The predicted molar refractivity (Wildman–Crippen MR) is 93.3 cm³/mol. The topological polar surface area (TPSA) is 166 Å². The van der Waals surface area contributed by atoms with Crippen molar-refractivity contribution >= 4 is 39.0 Å². The van der Waals surface area contributed by atoms with Gasteiger partial charge in [-0.05, 0) is 18.1 Å². The summed E-state index contributed by atoms with van der Waals surface area (Å²) in [6.45, 7) is -0.591. The highest BCUT2D eigenvalue weighted by Gasteiger charge is 2.44. The fourth-order valence-corrected chi connectivity index (χ4v) is 3.53. The van der Waals surface area contributed by atoms with Gasteiger partial charge in [0.1, 0.15) is 34.9 Å². The minimum Gasteiger partial charge on any atom is -0.394 e. The second-order valence-corrected chi connectivity index (χ2v) is 7.87. The zero-order valence-electron chi connectivity index (χ0n) is 13.2. The Hall–Kier alpha value is -0.380. The summed E-state index contributed by atoms with van der Waals surface area (Å²) in [5.41, 5.74) is -1.14. The second kappa shape index (κ2) is 10.7. The molecule has 13 heteroatoms. The summed E-state index contributed by atoms with van der Waals surface area (Å²) in [5, 5.41) is 43.8. The molecule has 1 aliphatic rings. The van der Waals surface area contributed by atoms with E-state index in [4.69, 9.17) is 14.4 Å². The molecule has 0 aromatic carbocycles. The molecule has 0 saturated carbocycles. The normalized spacial score (nSPS) is 31.4. The molecule has 0 aliphatic carbocycles. The number of aliphatic hydroxyl groups is 4. The van der Waals surface area contributed by atoms with E-state index in [0.717, 1.165) is 11.8 Å². The first-order valence-electron chi connectivity index (χ1n) is 7.07. The first kappa shape index (κ1) is 22.7. The van der Waals surface area contributed by atoms with Crippen molar-refractivity contribution in [1.82, 2.24) is 0 Å². The van der Waals surface area contributed by atoms with Crippen molar-refractivity contribution in [3.05, 3.63) is 11.5 Å². The van der Waals surface area contributed by atoms with Gasteiger partial charge in [-0.1, -0.05) is 23.0 Å². The van der Waals surface area contributed by atoms with Crippen LogP contribution in [0.2, 0.25) is 0 Å². The molecular weight excluding hydrogens is 398 g/mol. The minimum absolute atomic E-state index is 0.0627. The number of oxime groups is 1. The van der Waals surface area contributed by atoms with Crippen molar-refractivity contribution in [1.29, 1.82) is 0 Å². The molecule has 1 saturated heterocycles. The molecule has 0 spiro atoms. The first-order valence-corrected chi connectivity index (χ1v) is 10.6. The van der Waals surface area contributed by atoms with Crippen LogP contribution >= 0.6 is 23.5 Å². The highest BCUT2D eigenvalue weighted by atomic mass is 32.3. The number of ether oxygens (including phenoxy) is 1. The summed E-state index contributed by atoms with van der Waals surface area (Å²) in [4.78, 5) is 0. The van der Waals surface area contributed by atoms with Crippen molar-refractivity contribution < 1.29 is 42.4 Å². The second-order valence-electron chi connectivity index (χ2n) is 4.95. The van der Waals surface area contributed by atoms with Crippen LogP contribution in [0.3, 0.4) is 0 Å². The number of allylic oxidation sites excluding steroid dienone is 1. The van der Waals surface area contributed by atoms with Crippen LogP contribution in [0.1, 0.15) is 12.8 Å². The van der Waals surface area contributed by atoms with Gasteiger partial charge in [0.2, 0.25) is 0 Å². The first-order chi connectivity index (χ1) is 11.7. The van der Waals surface area contributed by atoms with Crippen LogP contribution in [0.5, 0.6) is 0 Å². The lowest BCUT2D eigenvalue weighted by Crippen LogP contribution is -2.57. The zero-order valence-corrected chi connectivity index (χ0v) is 15.7. The highest BCUT2D eigenvalue weighted by molar-refractivity contribution is 8.14. The van der Waals surface area contributed by atoms with E-state index in [1.807, 2.05) is 6.26 Å². The molecule has 1 aliphatic heterocycles. The van der Waals surface area contributed by atoms with Crippen molar-refractivity contribution in [2.75, 3.05) is 12.9 Å². The number of rotatable bonds is 8. The van der Waals surface area contributed by atoms with Crippen LogP contribution in [-0.4, -0.2) is 81.2 Å². The Morgan fingerprint density at radius 3 is 2.52 bits per heavy atom. The summed E-state index contributed by atoms with van der Waals surface area (Å²) in [7, 11) is -4.80. The van der Waals surface area contributed by atoms with E-state index in [0.29, 0.717) is 6.42 Å². The van der Waals surface area contributed by atoms with Crippen LogP contribution < -0.4 is 0 Å². The molecule has 0 radical (unpaired) electrons. The van der Waals surface area contributed by atoms with Gasteiger partial charge in [0.25, 0.3) is 0 Å². The molecule has 5 N–H and O–H groups in total. The molecule has 0 aromatic rings. The molecule has 0 amide bonds. The lowest BCUT2D eigenvalue weighted by molar-refractivity contribution is -0.205. The Labute approximate surface area is 153 Å². The molecular formula is C12H21NO9S3. The standard InChI is InChI=1S/C12H21NO9S3/c1-23-5-3-2-4-8(13-22-25(18,19)20)24-12-11(17)10(16)9(15)7(6-14)21-12/h3,5,7,9-12,14-17H,2,4,6H2,1H3,(H,18,19,20)/b5-3+,13-8+/t7-,9-,10+,11-,12+/m1/s1. The molecule has 1 heterocycles. The summed E-state index contributed by atoms with van der Waals surface area (Å²) >= 11 is 2.21. The van der Waals surface area contributed by atoms with E-state index < -0.39 is 46.9 Å². The molecule has 146 valence electrons. The van der Waals surface area contributed by atoms with E-state index in [1.54, 1.807) is 11.5 Å². The maximum absolute atomic E-state index is 10.7. The maximum atomic E-state index is 10.7. The fraction of sp³-hybridized carbons (Fsp3) is 0.750. The number of hydrogen-bond donors (Lipinski definition) is 5. The van der Waals surface area contributed by atoms with Crippen molar-refractivity contribution in [2.45, 2.75) is 42.7 Å². The Kier molecular flexibility index (Phi) is 9.69. The van der Waals surface area contributed by atoms with E-state index in [1.165, 1.54) is 11.8 Å². The van der Waals surface area contributed by atoms with E-state index >= 15 is 0 Å². The van der Waals surface area contributed by atoms with Gasteiger partial charge >= 0.3 is 10.4 Å². The number of thioether (sulfide) groups is 2. The van der Waals surface area contributed by atoms with Gasteiger partial charge in [-0.25, -0.2) is 4.28 Å². The number of aliphatic hydroxyl groups excluding tert-OH is 4. The van der Waals surface area contributed by atoms with Gasteiger partial charge in [0, 0.05) is 6.42 Å². The van der Waals surface area contributed by atoms with E-state index in [9.17, 15) is 23.7 Å². The van der Waals surface area contributed by atoms with Gasteiger partial charge in [0.05, 0.1) is 6.61 Å². The monoisotopic (exact) mass is 419 g/mol. The van der Waals surface area contributed by atoms with Crippen LogP contribution in [0, 0.1) is 0 Å². The van der Waals surface area contributed by atoms with Crippen molar-refractivity contribution in [2.24, 2.45) is 5.16 Å². The van der Waals surface area contributed by atoms with E-state index in [2.05, 4.69) is 9.44 Å². The molecule has 25 heavy (non-hydrogen) atoms. The van der Waals surface area contributed by atoms with Gasteiger partial charge < -0.3 is 25.2 Å². The summed E-state index contributed by atoms with van der Waals surface area (Å²) in [6, 6.07) is 0. The Morgan fingerprint density at radius 2 is 1.96 bits per heavy atom. The van der Waals surface area contributed by atoms with Gasteiger partial charge in [-0.2, -0.15) is 8.42 Å². The van der Waals surface area contributed by atoms with E-state index in [-0.39, 0.29) is 11.5 Å². The Balaban J connectivity index is 2.85. The Bertz CT molecular complexity index is 566. The van der Waals surface area contributed by atoms with Crippen molar-refractivity contribution in [3.8, 4) is 0 Å². The number of nitrogens with zero attached hydrogens (tertiary/aromatic N) is 1. The van der Waals surface area contributed by atoms with Crippen LogP contribution in [0.4, 0.5) is 0 Å². The quantitative estimate of drug-likeness (QED) is 0.146. The maximum Gasteiger partial charge on any atom is 0.466 e. The lowest BCUT2D eigenvalue weighted by atomic mass is 10.0. The van der Waals surface area contributed by atoms with Gasteiger partial charge in [-0.15, -0.1) is 11.8 Å². The molecule has 0 aromatic heterocycles. The van der Waals surface area contributed by atoms with Crippen LogP contribution in [0.15, 0.2) is 16.6 Å². The SMILES string of the molecule is CS/C=C/CC/C(=N\OS(=O)(=O)O)S[C@@H]1O[C@H](CO)[C@@H](O)[C@H](O)[C@H]1O. The minimum atomic E-state index is -4.80.